The molecule has 0 radical (unpaired) electrons. The molecule has 13 heavy (non-hydrogen) atoms. The van der Waals surface area contributed by atoms with E-state index in [0.717, 1.165) is 5.92 Å². The van der Waals surface area contributed by atoms with Crippen LogP contribution >= 0.6 is 0 Å². The molecular formula is C11H24N2. The molecule has 1 heterocycles. The second-order valence-electron chi connectivity index (χ2n) is 3.05. The first-order valence-electron chi connectivity index (χ1n) is 5.45. The first kappa shape index (κ1) is 12.5. The van der Waals surface area contributed by atoms with E-state index >= 15 is 0 Å². The summed E-state index contributed by atoms with van der Waals surface area (Å²) in [5, 5.41) is 6.48. The molecule has 1 unspecified atom stereocenters. The van der Waals surface area contributed by atoms with Crippen LogP contribution in [0.3, 0.4) is 0 Å². The number of rotatable bonds is 3. The third-order valence-electron chi connectivity index (χ3n) is 2.32. The highest BCUT2D eigenvalue weighted by atomic mass is 14.9. The van der Waals surface area contributed by atoms with Crippen LogP contribution in [-0.2, 0) is 0 Å². The Morgan fingerprint density at radius 1 is 1.54 bits per heavy atom. The van der Waals surface area contributed by atoms with E-state index in [-0.39, 0.29) is 0 Å². The minimum Gasteiger partial charge on any atom is -0.394 e. The molecule has 1 aliphatic heterocycles. The molecule has 78 valence electrons. The number of hydrogen-bond acceptors (Lipinski definition) is 2. The molecule has 1 saturated heterocycles. The first-order valence-corrected chi connectivity index (χ1v) is 5.45. The van der Waals surface area contributed by atoms with Gasteiger partial charge in [-0.25, -0.2) is 0 Å². The molecule has 2 N–H and O–H groups in total. The highest BCUT2D eigenvalue weighted by Crippen LogP contribution is 2.19. The standard InChI is InChI=1S/C9H18N2.C2H6/c1-3-8(6-10-2)9-4-5-11-7-9;1-2/h6,9-11H,3-5,7H2,1-2H3;1-2H3/b8-6+;. The van der Waals surface area contributed by atoms with Crippen LogP contribution in [0.1, 0.15) is 33.6 Å². The number of nitrogens with one attached hydrogen (secondary N) is 2. The normalized spacial score (nSPS) is 22.2. The van der Waals surface area contributed by atoms with Gasteiger partial charge in [-0.05, 0) is 31.5 Å². The van der Waals surface area contributed by atoms with Gasteiger partial charge in [0.1, 0.15) is 0 Å². The maximum Gasteiger partial charge on any atom is 0.00276 e. The van der Waals surface area contributed by atoms with Gasteiger partial charge in [-0.3, -0.25) is 0 Å². The van der Waals surface area contributed by atoms with Crippen molar-refractivity contribution in [2.45, 2.75) is 33.6 Å². The lowest BCUT2D eigenvalue weighted by molar-refractivity contribution is 0.650. The zero-order chi connectivity index (χ0) is 10.1. The molecule has 0 aromatic heterocycles. The van der Waals surface area contributed by atoms with Crippen molar-refractivity contribution in [3.8, 4) is 0 Å². The molecular weight excluding hydrogens is 160 g/mol. The maximum atomic E-state index is 3.38. The molecule has 1 rings (SSSR count). The van der Waals surface area contributed by atoms with E-state index in [1.807, 2.05) is 20.9 Å². The zero-order valence-electron chi connectivity index (χ0n) is 9.48. The molecule has 0 aliphatic carbocycles. The molecule has 0 saturated carbocycles. The van der Waals surface area contributed by atoms with Gasteiger partial charge in [-0.1, -0.05) is 26.3 Å². The Labute approximate surface area is 82.8 Å². The van der Waals surface area contributed by atoms with Crippen molar-refractivity contribution in [3.63, 3.8) is 0 Å². The molecule has 2 nitrogen and oxygen atoms in total. The Balaban J connectivity index is 0.000000671. The summed E-state index contributed by atoms with van der Waals surface area (Å²) in [6, 6.07) is 0. The van der Waals surface area contributed by atoms with Crippen molar-refractivity contribution in [1.82, 2.24) is 10.6 Å². The van der Waals surface area contributed by atoms with Gasteiger partial charge in [0.05, 0.1) is 0 Å². The van der Waals surface area contributed by atoms with Crippen molar-refractivity contribution >= 4 is 0 Å². The quantitative estimate of drug-likeness (QED) is 0.702. The van der Waals surface area contributed by atoms with Gasteiger partial charge in [-0.15, -0.1) is 0 Å². The second kappa shape index (κ2) is 8.11. The average molecular weight is 184 g/mol. The Hall–Kier alpha value is -0.500. The van der Waals surface area contributed by atoms with Crippen LogP contribution in [0, 0.1) is 5.92 Å². The van der Waals surface area contributed by atoms with Crippen LogP contribution in [0.25, 0.3) is 0 Å². The van der Waals surface area contributed by atoms with Gasteiger partial charge in [-0.2, -0.15) is 0 Å². The molecule has 0 aromatic rings. The summed E-state index contributed by atoms with van der Waals surface area (Å²) in [5.74, 6) is 0.785. The molecule has 1 atom stereocenters. The van der Waals surface area contributed by atoms with Crippen LogP contribution in [0.5, 0.6) is 0 Å². The van der Waals surface area contributed by atoms with Gasteiger partial charge in [0, 0.05) is 13.6 Å². The van der Waals surface area contributed by atoms with Crippen molar-refractivity contribution in [2.75, 3.05) is 20.1 Å². The van der Waals surface area contributed by atoms with E-state index in [0.29, 0.717) is 0 Å². The largest absolute Gasteiger partial charge is 0.394 e. The highest BCUT2D eigenvalue weighted by Gasteiger charge is 2.16. The van der Waals surface area contributed by atoms with Crippen LogP contribution in [-0.4, -0.2) is 20.1 Å². The summed E-state index contributed by atoms with van der Waals surface area (Å²) >= 11 is 0. The smallest absolute Gasteiger partial charge is 0.00276 e. The van der Waals surface area contributed by atoms with Gasteiger partial charge in [0.15, 0.2) is 0 Å². The minimum absolute atomic E-state index is 0.785. The Morgan fingerprint density at radius 3 is 2.62 bits per heavy atom. The van der Waals surface area contributed by atoms with Crippen LogP contribution < -0.4 is 10.6 Å². The van der Waals surface area contributed by atoms with Crippen molar-refractivity contribution in [1.29, 1.82) is 0 Å². The SMILES string of the molecule is CC.CC/C(=C\NC)C1CCNC1. The first-order chi connectivity index (χ1) is 6.38. The Kier molecular flexibility index (Phi) is 7.80. The fourth-order valence-electron chi connectivity index (χ4n) is 1.67. The molecule has 0 bridgehead atoms. The third kappa shape index (κ3) is 4.32. The molecule has 0 aromatic carbocycles. The Bertz CT molecular complexity index is 135. The number of hydrogen-bond donors (Lipinski definition) is 2. The topological polar surface area (TPSA) is 24.1 Å². The van der Waals surface area contributed by atoms with Crippen LogP contribution in [0.4, 0.5) is 0 Å². The molecule has 0 spiro atoms. The van der Waals surface area contributed by atoms with Crippen molar-refractivity contribution in [2.24, 2.45) is 5.92 Å². The summed E-state index contributed by atoms with van der Waals surface area (Å²) < 4.78 is 0. The summed E-state index contributed by atoms with van der Waals surface area (Å²) in [7, 11) is 1.97. The van der Waals surface area contributed by atoms with E-state index in [9.17, 15) is 0 Å². The average Bonchev–Trinajstić information content (AvgIpc) is 2.70. The third-order valence-corrected chi connectivity index (χ3v) is 2.32. The fourth-order valence-corrected chi connectivity index (χ4v) is 1.67. The van der Waals surface area contributed by atoms with Crippen molar-refractivity contribution in [3.05, 3.63) is 11.8 Å². The van der Waals surface area contributed by atoms with Gasteiger partial charge >= 0.3 is 0 Å². The van der Waals surface area contributed by atoms with Gasteiger partial charge in [0.25, 0.3) is 0 Å². The molecule has 0 amide bonds. The van der Waals surface area contributed by atoms with E-state index in [2.05, 4.69) is 23.8 Å². The molecule has 1 aliphatic rings. The minimum atomic E-state index is 0.785. The Morgan fingerprint density at radius 2 is 2.23 bits per heavy atom. The predicted octanol–water partition coefficient (Wildman–Crippen LogP) is 2.14. The second-order valence-corrected chi connectivity index (χ2v) is 3.05. The van der Waals surface area contributed by atoms with E-state index in [4.69, 9.17) is 0 Å². The summed E-state index contributed by atoms with van der Waals surface area (Å²) in [6.45, 7) is 8.58. The molecule has 2 heteroatoms. The van der Waals surface area contributed by atoms with Crippen LogP contribution in [0.2, 0.25) is 0 Å². The van der Waals surface area contributed by atoms with E-state index in [1.165, 1.54) is 25.9 Å². The monoisotopic (exact) mass is 184 g/mol. The molecule has 1 fully saturated rings. The summed E-state index contributed by atoms with van der Waals surface area (Å²) in [5.41, 5.74) is 1.55. The predicted molar refractivity (Wildman–Crippen MR) is 59.8 cm³/mol. The van der Waals surface area contributed by atoms with Gasteiger partial charge < -0.3 is 10.6 Å². The van der Waals surface area contributed by atoms with Gasteiger partial charge in [0.2, 0.25) is 0 Å². The summed E-state index contributed by atoms with van der Waals surface area (Å²) in [6.07, 6.45) is 4.63. The highest BCUT2D eigenvalue weighted by molar-refractivity contribution is 5.07. The lowest BCUT2D eigenvalue weighted by Gasteiger charge is -2.11. The lowest BCUT2D eigenvalue weighted by atomic mass is 9.97. The van der Waals surface area contributed by atoms with Crippen molar-refractivity contribution < 1.29 is 0 Å². The van der Waals surface area contributed by atoms with Crippen LogP contribution in [0.15, 0.2) is 11.8 Å². The summed E-state index contributed by atoms with van der Waals surface area (Å²) in [4.78, 5) is 0. The van der Waals surface area contributed by atoms with E-state index < -0.39 is 0 Å². The van der Waals surface area contributed by atoms with E-state index in [1.54, 1.807) is 5.57 Å². The zero-order valence-corrected chi connectivity index (χ0v) is 9.48. The lowest BCUT2D eigenvalue weighted by Crippen LogP contribution is -2.12. The maximum absolute atomic E-state index is 3.38. The fraction of sp³-hybridized carbons (Fsp3) is 0.818.